The van der Waals surface area contributed by atoms with Crippen molar-refractivity contribution < 1.29 is 9.90 Å². The molecular weight excluding hydrogens is 476 g/mol. The van der Waals surface area contributed by atoms with Gasteiger partial charge in [-0.1, -0.05) is 164 Å². The molecule has 0 amide bonds. The van der Waals surface area contributed by atoms with Crippen LogP contribution in [-0.2, 0) is 0 Å². The number of aldehydes is 1. The summed E-state index contributed by atoms with van der Waals surface area (Å²) in [6.45, 7) is 0. The monoisotopic (exact) mass is 506 g/mol. The second-order valence-corrected chi connectivity index (χ2v) is 8.76. The highest BCUT2D eigenvalue weighted by Gasteiger charge is 2.08. The van der Waals surface area contributed by atoms with Gasteiger partial charge in [-0.3, -0.25) is 4.79 Å². The van der Waals surface area contributed by atoms with Crippen LogP contribution in [0.15, 0.2) is 133 Å². The van der Waals surface area contributed by atoms with Crippen LogP contribution < -0.4 is 0 Å². The Balaban J connectivity index is 0.000000379. The first-order valence-corrected chi connectivity index (χ1v) is 12.8. The Morgan fingerprint density at radius 1 is 0.385 bits per heavy atom. The molecule has 5 aromatic carbocycles. The van der Waals surface area contributed by atoms with E-state index in [-0.39, 0.29) is 5.75 Å². The Morgan fingerprint density at radius 3 is 1.18 bits per heavy atom. The van der Waals surface area contributed by atoms with Gasteiger partial charge in [0.25, 0.3) is 0 Å². The van der Waals surface area contributed by atoms with Gasteiger partial charge < -0.3 is 5.11 Å². The largest absolute Gasteiger partial charge is 0.507 e. The summed E-state index contributed by atoms with van der Waals surface area (Å²) in [5.41, 5.74) is 6.88. The van der Waals surface area contributed by atoms with E-state index in [2.05, 4.69) is 48.6 Å². The zero-order valence-corrected chi connectivity index (χ0v) is 21.6. The van der Waals surface area contributed by atoms with Crippen LogP contribution in [0.2, 0.25) is 0 Å². The van der Waals surface area contributed by atoms with E-state index in [4.69, 9.17) is 0 Å². The van der Waals surface area contributed by atoms with Crippen molar-refractivity contribution in [2.24, 2.45) is 0 Å². The smallest absolute Gasteiger partial charge is 0.150 e. The van der Waals surface area contributed by atoms with E-state index in [0.717, 1.165) is 45.2 Å². The molecule has 39 heavy (non-hydrogen) atoms. The van der Waals surface area contributed by atoms with Gasteiger partial charge in [0.15, 0.2) is 0 Å². The second-order valence-electron chi connectivity index (χ2n) is 8.76. The highest BCUT2D eigenvalue weighted by molar-refractivity contribution is 5.87. The van der Waals surface area contributed by atoms with Gasteiger partial charge in [0.05, 0.1) is 0 Å². The fourth-order valence-corrected chi connectivity index (χ4v) is 3.92. The lowest BCUT2D eigenvalue weighted by molar-refractivity contribution is 0.112. The van der Waals surface area contributed by atoms with Crippen molar-refractivity contribution in [1.82, 2.24) is 0 Å². The molecule has 0 aromatic heterocycles. The Hall–Kier alpha value is -5.21. The summed E-state index contributed by atoms with van der Waals surface area (Å²) in [5.74, 6) is 0.261. The summed E-state index contributed by atoms with van der Waals surface area (Å²) < 4.78 is 0. The molecule has 0 heterocycles. The predicted octanol–water partition coefficient (Wildman–Crippen LogP) is 9.40. The molecule has 0 radical (unpaired) electrons. The summed E-state index contributed by atoms with van der Waals surface area (Å²) >= 11 is 0. The summed E-state index contributed by atoms with van der Waals surface area (Å²) in [6.07, 6.45) is 13.2. The van der Waals surface area contributed by atoms with Crippen LogP contribution in [0, 0.1) is 0 Å². The first-order valence-electron chi connectivity index (χ1n) is 12.8. The van der Waals surface area contributed by atoms with E-state index < -0.39 is 0 Å². The van der Waals surface area contributed by atoms with Crippen molar-refractivity contribution in [3.63, 3.8) is 0 Å². The maximum atomic E-state index is 10.7. The van der Waals surface area contributed by atoms with Gasteiger partial charge >= 0.3 is 0 Å². The van der Waals surface area contributed by atoms with E-state index in [1.165, 1.54) is 0 Å². The van der Waals surface area contributed by atoms with Crippen molar-refractivity contribution in [1.29, 1.82) is 0 Å². The van der Waals surface area contributed by atoms with E-state index in [1.54, 1.807) is 18.2 Å². The van der Waals surface area contributed by atoms with Gasteiger partial charge in [-0.15, -0.1) is 0 Å². The molecule has 0 aliphatic carbocycles. The van der Waals surface area contributed by atoms with Crippen LogP contribution in [0.4, 0.5) is 0 Å². The number of rotatable bonds is 7. The minimum atomic E-state index is 0.261. The van der Waals surface area contributed by atoms with E-state index >= 15 is 0 Å². The molecule has 0 spiro atoms. The van der Waals surface area contributed by atoms with Crippen molar-refractivity contribution in [2.75, 3.05) is 0 Å². The summed E-state index contributed by atoms with van der Waals surface area (Å²) in [4.78, 5) is 10.0. The van der Waals surface area contributed by atoms with Crippen molar-refractivity contribution in [2.45, 2.75) is 0 Å². The third-order valence-electron chi connectivity index (χ3n) is 5.97. The van der Waals surface area contributed by atoms with Gasteiger partial charge in [0.1, 0.15) is 12.0 Å². The molecule has 1 N–H and O–H groups in total. The number of phenols is 1. The average molecular weight is 507 g/mol. The lowest BCUT2D eigenvalue weighted by Gasteiger charge is -2.09. The second kappa shape index (κ2) is 14.5. The van der Waals surface area contributed by atoms with E-state index in [0.29, 0.717) is 0 Å². The lowest BCUT2D eigenvalue weighted by Crippen LogP contribution is -1.88. The van der Waals surface area contributed by atoms with Crippen LogP contribution in [0.5, 0.6) is 5.75 Å². The van der Waals surface area contributed by atoms with Crippen molar-refractivity contribution in [3.05, 3.63) is 172 Å². The highest BCUT2D eigenvalue weighted by Crippen LogP contribution is 2.30. The molecule has 2 nitrogen and oxygen atoms in total. The molecule has 190 valence electrons. The summed E-state index contributed by atoms with van der Waals surface area (Å²) in [7, 11) is 0. The number of carbonyl (C=O) groups excluding carboxylic acids is 1. The molecule has 0 bridgehead atoms. The molecule has 0 aliphatic rings. The first kappa shape index (κ1) is 26.8. The minimum absolute atomic E-state index is 0.261. The van der Waals surface area contributed by atoms with Gasteiger partial charge in [-0.2, -0.15) is 0 Å². The maximum Gasteiger partial charge on any atom is 0.150 e. The third-order valence-corrected chi connectivity index (χ3v) is 5.97. The van der Waals surface area contributed by atoms with Gasteiger partial charge in [0, 0.05) is 11.1 Å². The quantitative estimate of drug-likeness (QED) is 0.176. The number of benzene rings is 5. The standard InChI is InChI=1S/C30H24O.C7H6O/c31-30-23-20-27(19-16-24-10-4-1-5-11-24)28(21-17-25-12-6-2-7-13-25)29(30)22-18-26-14-8-3-9-15-26;8-6-7-4-2-1-3-5-7/h1-23,31H;1-6H. The summed E-state index contributed by atoms with van der Waals surface area (Å²) in [6, 6.07) is 43.3. The zero-order chi connectivity index (χ0) is 27.1. The third kappa shape index (κ3) is 8.41. The Labute approximate surface area is 230 Å². The fourth-order valence-electron chi connectivity index (χ4n) is 3.92. The molecule has 5 rings (SSSR count). The molecule has 2 heteroatoms. The first-order chi connectivity index (χ1) is 19.2. The van der Waals surface area contributed by atoms with Gasteiger partial charge in [-0.05, 0) is 33.9 Å². The van der Waals surface area contributed by atoms with Gasteiger partial charge in [-0.25, -0.2) is 0 Å². The molecule has 5 aromatic rings. The SMILES string of the molecule is O=Cc1ccccc1.Oc1ccc(C=Cc2ccccc2)c(C=Cc2ccccc2)c1C=Cc1ccccc1. The Bertz CT molecular complexity index is 1530. The summed E-state index contributed by atoms with van der Waals surface area (Å²) in [5, 5.41) is 10.7. The number of carbonyl (C=O) groups is 1. The van der Waals surface area contributed by atoms with Gasteiger partial charge in [0.2, 0.25) is 0 Å². The fraction of sp³-hybridized carbons (Fsp3) is 0. The molecule has 0 saturated carbocycles. The molecule has 0 saturated heterocycles. The predicted molar refractivity (Wildman–Crippen MR) is 166 cm³/mol. The average Bonchev–Trinajstić information content (AvgIpc) is 3.01. The molecule has 0 aliphatic heterocycles. The number of hydrogen-bond donors (Lipinski definition) is 1. The Kier molecular flexibility index (Phi) is 9.99. The topological polar surface area (TPSA) is 37.3 Å². The molecule has 0 atom stereocenters. The lowest BCUT2D eigenvalue weighted by atomic mass is 9.96. The highest BCUT2D eigenvalue weighted by atomic mass is 16.3. The van der Waals surface area contributed by atoms with E-state index in [1.807, 2.05) is 103 Å². The van der Waals surface area contributed by atoms with Crippen LogP contribution in [0.1, 0.15) is 43.7 Å². The molecular formula is C37H30O2. The molecule has 0 fully saturated rings. The molecule has 0 unspecified atom stereocenters. The maximum absolute atomic E-state index is 10.7. The van der Waals surface area contributed by atoms with Crippen molar-refractivity contribution in [3.8, 4) is 5.75 Å². The van der Waals surface area contributed by atoms with Crippen molar-refractivity contribution >= 4 is 42.7 Å². The Morgan fingerprint density at radius 2 is 0.769 bits per heavy atom. The van der Waals surface area contributed by atoms with Crippen LogP contribution in [0.3, 0.4) is 0 Å². The number of aromatic hydroxyl groups is 1. The van der Waals surface area contributed by atoms with Crippen LogP contribution in [0.25, 0.3) is 36.5 Å². The van der Waals surface area contributed by atoms with Crippen LogP contribution >= 0.6 is 0 Å². The van der Waals surface area contributed by atoms with E-state index in [9.17, 15) is 9.90 Å². The zero-order valence-electron chi connectivity index (χ0n) is 21.6. The minimum Gasteiger partial charge on any atom is -0.507 e. The van der Waals surface area contributed by atoms with Crippen LogP contribution in [-0.4, -0.2) is 11.4 Å². The number of phenolic OH excluding ortho intramolecular Hbond substituents is 1. The normalized spacial score (nSPS) is 11.0. The number of hydrogen-bond acceptors (Lipinski definition) is 2.